The van der Waals surface area contributed by atoms with Crippen LogP contribution in [0, 0.1) is 0 Å². The third kappa shape index (κ3) is 1.98. The van der Waals surface area contributed by atoms with E-state index in [1.807, 2.05) is 30.2 Å². The molecule has 0 saturated carbocycles. The lowest BCUT2D eigenvalue weighted by molar-refractivity contribution is 0.0904. The Balaban J connectivity index is 1.89. The molecule has 0 atom stereocenters. The lowest BCUT2D eigenvalue weighted by Gasteiger charge is -2.23. The zero-order chi connectivity index (χ0) is 11.7. The Morgan fingerprint density at radius 2 is 2.18 bits per heavy atom. The summed E-state index contributed by atoms with van der Waals surface area (Å²) in [4.78, 5) is 8.78. The Morgan fingerprint density at radius 1 is 1.35 bits per heavy atom. The molecule has 90 valence electrons. The summed E-state index contributed by atoms with van der Waals surface area (Å²) in [5.41, 5.74) is 2.05. The number of aromatic nitrogens is 3. The Labute approximate surface area is 99.8 Å². The second-order valence-electron chi connectivity index (χ2n) is 4.41. The Morgan fingerprint density at radius 3 is 3.00 bits per heavy atom. The lowest BCUT2D eigenvalue weighted by atomic mass is 10.1. The van der Waals surface area contributed by atoms with Crippen LogP contribution < -0.4 is 5.32 Å². The van der Waals surface area contributed by atoms with Crippen molar-refractivity contribution in [3.05, 3.63) is 18.6 Å². The molecule has 2 aromatic heterocycles. The summed E-state index contributed by atoms with van der Waals surface area (Å²) in [5, 5.41) is 3.47. The maximum Gasteiger partial charge on any atom is 0.154 e. The van der Waals surface area contributed by atoms with Gasteiger partial charge in [0, 0.05) is 32.5 Å². The fourth-order valence-electron chi connectivity index (χ4n) is 2.20. The highest BCUT2D eigenvalue weighted by atomic mass is 16.5. The molecule has 5 heteroatoms. The smallest absolute Gasteiger partial charge is 0.154 e. The summed E-state index contributed by atoms with van der Waals surface area (Å²) >= 11 is 0. The molecule has 0 aromatic carbocycles. The van der Waals surface area contributed by atoms with Crippen LogP contribution in [0.15, 0.2) is 18.6 Å². The summed E-state index contributed by atoms with van der Waals surface area (Å²) in [5.74, 6) is 0.884. The lowest BCUT2D eigenvalue weighted by Crippen LogP contribution is -2.28. The Kier molecular flexibility index (Phi) is 2.68. The summed E-state index contributed by atoms with van der Waals surface area (Å²) in [7, 11) is 1.99. The van der Waals surface area contributed by atoms with E-state index in [0.717, 1.165) is 42.9 Å². The fourth-order valence-corrected chi connectivity index (χ4v) is 2.20. The first-order valence-corrected chi connectivity index (χ1v) is 5.95. The van der Waals surface area contributed by atoms with Gasteiger partial charge < -0.3 is 14.6 Å². The molecular formula is C12H16N4O. The molecule has 0 unspecified atom stereocenters. The van der Waals surface area contributed by atoms with Crippen LogP contribution in [0.25, 0.3) is 11.0 Å². The van der Waals surface area contributed by atoms with Gasteiger partial charge in [-0.05, 0) is 18.9 Å². The largest absolute Gasteiger partial charge is 0.381 e. The van der Waals surface area contributed by atoms with Crippen LogP contribution in [0.1, 0.15) is 12.8 Å². The molecule has 1 N–H and O–H groups in total. The quantitative estimate of drug-likeness (QED) is 0.853. The number of hydrogen-bond acceptors (Lipinski definition) is 4. The summed E-state index contributed by atoms with van der Waals surface area (Å²) in [6, 6.07) is 2.43. The predicted molar refractivity (Wildman–Crippen MR) is 66.0 cm³/mol. The van der Waals surface area contributed by atoms with Crippen LogP contribution in [0.2, 0.25) is 0 Å². The number of rotatable bonds is 2. The number of hydrogen-bond donors (Lipinski definition) is 1. The summed E-state index contributed by atoms with van der Waals surface area (Å²) in [6.07, 6.45) is 5.71. The molecule has 17 heavy (non-hydrogen) atoms. The van der Waals surface area contributed by atoms with Gasteiger partial charge >= 0.3 is 0 Å². The second kappa shape index (κ2) is 4.33. The normalized spacial score (nSPS) is 17.5. The maximum absolute atomic E-state index is 5.35. The first-order valence-electron chi connectivity index (χ1n) is 5.95. The van der Waals surface area contributed by atoms with Crippen LogP contribution in [-0.2, 0) is 11.8 Å². The highest BCUT2D eigenvalue weighted by Crippen LogP contribution is 2.21. The number of anilines is 1. The molecular weight excluding hydrogens is 216 g/mol. The van der Waals surface area contributed by atoms with Gasteiger partial charge in [-0.15, -0.1) is 0 Å². The van der Waals surface area contributed by atoms with Gasteiger partial charge in [0.15, 0.2) is 5.82 Å². The SMILES string of the molecule is Cn1cnc2c(NC3CCOCC3)nccc21. The molecule has 1 saturated heterocycles. The summed E-state index contributed by atoms with van der Waals surface area (Å²) in [6.45, 7) is 1.66. The number of nitrogens with zero attached hydrogens (tertiary/aromatic N) is 3. The number of pyridine rings is 1. The maximum atomic E-state index is 5.35. The van der Waals surface area contributed by atoms with Gasteiger partial charge in [-0.1, -0.05) is 0 Å². The predicted octanol–water partition coefficient (Wildman–Crippen LogP) is 1.56. The first kappa shape index (κ1) is 10.5. The average molecular weight is 232 g/mol. The van der Waals surface area contributed by atoms with Crippen molar-refractivity contribution in [3.63, 3.8) is 0 Å². The third-order valence-corrected chi connectivity index (χ3v) is 3.21. The molecule has 5 nitrogen and oxygen atoms in total. The topological polar surface area (TPSA) is 52.0 Å². The van der Waals surface area contributed by atoms with E-state index in [1.165, 1.54) is 0 Å². The fraction of sp³-hybridized carbons (Fsp3) is 0.500. The van der Waals surface area contributed by atoms with Crippen molar-refractivity contribution in [1.29, 1.82) is 0 Å². The van der Waals surface area contributed by atoms with Crippen LogP contribution in [0.3, 0.4) is 0 Å². The minimum Gasteiger partial charge on any atom is -0.381 e. The molecule has 0 aliphatic carbocycles. The van der Waals surface area contributed by atoms with Crippen molar-refractivity contribution in [2.75, 3.05) is 18.5 Å². The van der Waals surface area contributed by atoms with Gasteiger partial charge in [0.05, 0.1) is 11.8 Å². The highest BCUT2D eigenvalue weighted by molar-refractivity contribution is 5.85. The van der Waals surface area contributed by atoms with E-state index in [1.54, 1.807) is 0 Å². The molecule has 1 aliphatic rings. The van der Waals surface area contributed by atoms with E-state index >= 15 is 0 Å². The van der Waals surface area contributed by atoms with E-state index in [4.69, 9.17) is 4.74 Å². The first-order chi connectivity index (χ1) is 8.34. The van der Waals surface area contributed by atoms with Crippen LogP contribution in [-0.4, -0.2) is 33.8 Å². The summed E-state index contributed by atoms with van der Waals surface area (Å²) < 4.78 is 7.35. The van der Waals surface area contributed by atoms with E-state index in [0.29, 0.717) is 6.04 Å². The molecule has 0 radical (unpaired) electrons. The van der Waals surface area contributed by atoms with E-state index < -0.39 is 0 Å². The molecule has 0 bridgehead atoms. The molecule has 1 aliphatic heterocycles. The number of aryl methyl sites for hydroxylation is 1. The van der Waals surface area contributed by atoms with Crippen LogP contribution >= 0.6 is 0 Å². The van der Waals surface area contributed by atoms with E-state index in [2.05, 4.69) is 15.3 Å². The van der Waals surface area contributed by atoms with Crippen LogP contribution in [0.5, 0.6) is 0 Å². The minimum atomic E-state index is 0.448. The highest BCUT2D eigenvalue weighted by Gasteiger charge is 2.16. The number of ether oxygens (including phenoxy) is 1. The second-order valence-corrected chi connectivity index (χ2v) is 4.41. The van der Waals surface area contributed by atoms with Crippen molar-refractivity contribution in [2.24, 2.45) is 7.05 Å². The third-order valence-electron chi connectivity index (χ3n) is 3.21. The van der Waals surface area contributed by atoms with Gasteiger partial charge in [-0.25, -0.2) is 9.97 Å². The van der Waals surface area contributed by atoms with E-state index in [-0.39, 0.29) is 0 Å². The number of nitrogens with one attached hydrogen (secondary N) is 1. The molecule has 0 spiro atoms. The average Bonchev–Trinajstić information content (AvgIpc) is 2.74. The zero-order valence-electron chi connectivity index (χ0n) is 9.89. The van der Waals surface area contributed by atoms with Crippen LogP contribution in [0.4, 0.5) is 5.82 Å². The number of fused-ring (bicyclic) bond motifs is 1. The molecule has 3 rings (SSSR count). The standard InChI is InChI=1S/C12H16N4O/c1-16-8-14-11-10(16)2-5-13-12(11)15-9-3-6-17-7-4-9/h2,5,8-9H,3-4,6-7H2,1H3,(H,13,15). The minimum absolute atomic E-state index is 0.448. The van der Waals surface area contributed by atoms with E-state index in [9.17, 15) is 0 Å². The Bertz CT molecular complexity index is 516. The van der Waals surface area contributed by atoms with Gasteiger partial charge in [-0.2, -0.15) is 0 Å². The van der Waals surface area contributed by atoms with Crippen molar-refractivity contribution >= 4 is 16.9 Å². The van der Waals surface area contributed by atoms with Crippen molar-refractivity contribution < 1.29 is 4.74 Å². The molecule has 2 aromatic rings. The van der Waals surface area contributed by atoms with Crippen molar-refractivity contribution in [1.82, 2.24) is 14.5 Å². The van der Waals surface area contributed by atoms with Gasteiger partial charge in [0.1, 0.15) is 5.52 Å². The van der Waals surface area contributed by atoms with Gasteiger partial charge in [0.25, 0.3) is 0 Å². The number of imidazole rings is 1. The Hall–Kier alpha value is -1.62. The zero-order valence-corrected chi connectivity index (χ0v) is 9.89. The molecule has 0 amide bonds. The van der Waals surface area contributed by atoms with Gasteiger partial charge in [0.2, 0.25) is 0 Å². The van der Waals surface area contributed by atoms with Gasteiger partial charge in [-0.3, -0.25) is 0 Å². The monoisotopic (exact) mass is 232 g/mol. The molecule has 1 fully saturated rings. The van der Waals surface area contributed by atoms with Crippen molar-refractivity contribution in [2.45, 2.75) is 18.9 Å². The molecule has 3 heterocycles. The van der Waals surface area contributed by atoms with Crippen molar-refractivity contribution in [3.8, 4) is 0 Å².